The molecule has 2 heterocycles. The summed E-state index contributed by atoms with van der Waals surface area (Å²) in [5.74, 6) is -0.456. The molecular formula is C22H20ClNO4S2. The summed E-state index contributed by atoms with van der Waals surface area (Å²) in [6.07, 6.45) is 0.553. The average Bonchev–Trinajstić information content (AvgIpc) is 3.28. The Labute approximate surface area is 184 Å². The van der Waals surface area contributed by atoms with E-state index in [1.807, 2.05) is 30.3 Å². The fraction of sp³-hybridized carbons (Fsp3) is 0.227. The number of fused-ring (bicyclic) bond motifs is 1. The molecule has 1 aliphatic rings. The summed E-state index contributed by atoms with van der Waals surface area (Å²) in [6, 6.07) is 17.5. The van der Waals surface area contributed by atoms with Gasteiger partial charge in [0.15, 0.2) is 0 Å². The van der Waals surface area contributed by atoms with Crippen molar-refractivity contribution >= 4 is 38.9 Å². The van der Waals surface area contributed by atoms with Crippen molar-refractivity contribution in [3.8, 4) is 0 Å². The Balaban J connectivity index is 1.57. The normalized spacial score (nSPS) is 16.8. The number of nitrogens with zero attached hydrogens (tertiary/aromatic N) is 1. The second kappa shape index (κ2) is 8.89. The van der Waals surface area contributed by atoms with Crippen molar-refractivity contribution in [2.45, 2.75) is 29.7 Å². The summed E-state index contributed by atoms with van der Waals surface area (Å²) in [4.78, 5) is 12.7. The molecule has 0 bridgehead atoms. The highest BCUT2D eigenvalue weighted by Crippen LogP contribution is 2.37. The fourth-order valence-corrected chi connectivity index (χ4v) is 6.60. The van der Waals surface area contributed by atoms with E-state index in [0.717, 1.165) is 16.7 Å². The van der Waals surface area contributed by atoms with Gasteiger partial charge in [0.25, 0.3) is 10.0 Å². The van der Waals surface area contributed by atoms with Gasteiger partial charge in [0.05, 0.1) is 12.5 Å². The van der Waals surface area contributed by atoms with Crippen LogP contribution in [0, 0.1) is 0 Å². The van der Waals surface area contributed by atoms with Gasteiger partial charge in [-0.15, -0.1) is 11.3 Å². The first-order valence-electron chi connectivity index (χ1n) is 9.48. The number of carbonyl (C=O) groups is 1. The number of halogens is 1. The lowest BCUT2D eigenvalue weighted by atomic mass is 9.92. The molecule has 0 fully saturated rings. The summed E-state index contributed by atoms with van der Waals surface area (Å²) in [5, 5.41) is 2.30. The van der Waals surface area contributed by atoms with Crippen LogP contribution in [0.25, 0.3) is 0 Å². The van der Waals surface area contributed by atoms with E-state index in [1.165, 1.54) is 15.6 Å². The lowest BCUT2D eigenvalue weighted by Crippen LogP contribution is -2.40. The number of hydrogen-bond donors (Lipinski definition) is 0. The number of sulfonamides is 1. The highest BCUT2D eigenvalue weighted by Gasteiger charge is 2.38. The highest BCUT2D eigenvalue weighted by molar-refractivity contribution is 7.91. The van der Waals surface area contributed by atoms with E-state index in [4.69, 9.17) is 16.3 Å². The summed E-state index contributed by atoms with van der Waals surface area (Å²) in [7, 11) is -3.70. The molecule has 8 heteroatoms. The average molecular weight is 462 g/mol. The monoisotopic (exact) mass is 461 g/mol. The van der Waals surface area contributed by atoms with Crippen LogP contribution >= 0.6 is 22.9 Å². The van der Waals surface area contributed by atoms with E-state index >= 15 is 0 Å². The summed E-state index contributed by atoms with van der Waals surface area (Å²) in [5.41, 5.74) is 2.69. The molecule has 4 rings (SSSR count). The van der Waals surface area contributed by atoms with Gasteiger partial charge in [0, 0.05) is 11.6 Å². The van der Waals surface area contributed by atoms with Crippen LogP contribution in [0.15, 0.2) is 70.3 Å². The van der Waals surface area contributed by atoms with E-state index in [1.54, 1.807) is 35.7 Å². The Bertz CT molecular complexity index is 1150. The van der Waals surface area contributed by atoms with Crippen LogP contribution in [-0.4, -0.2) is 25.2 Å². The number of hydrogen-bond acceptors (Lipinski definition) is 5. The van der Waals surface area contributed by atoms with E-state index < -0.39 is 22.0 Å². The first kappa shape index (κ1) is 21.1. The third-order valence-corrected chi connectivity index (χ3v) is 8.59. The van der Waals surface area contributed by atoms with E-state index in [2.05, 4.69) is 0 Å². The SMILES string of the molecule is O=C(C[C@H]1c2ccccc2CCN1S(=O)(=O)c1cccs1)OCc1cccc(Cl)c1. The number of rotatable bonds is 6. The van der Waals surface area contributed by atoms with Crippen molar-refractivity contribution in [1.82, 2.24) is 4.31 Å². The smallest absolute Gasteiger partial charge is 0.308 e. The van der Waals surface area contributed by atoms with Gasteiger partial charge in [0.1, 0.15) is 10.8 Å². The van der Waals surface area contributed by atoms with Gasteiger partial charge in [0.2, 0.25) is 0 Å². The number of thiophene rings is 1. The molecule has 0 aliphatic carbocycles. The number of carbonyl (C=O) groups excluding carboxylic acids is 1. The lowest BCUT2D eigenvalue weighted by molar-refractivity contribution is -0.146. The van der Waals surface area contributed by atoms with Crippen molar-refractivity contribution in [1.29, 1.82) is 0 Å². The third kappa shape index (κ3) is 4.44. The molecule has 1 aliphatic heterocycles. The van der Waals surface area contributed by atoms with Gasteiger partial charge in [-0.25, -0.2) is 8.42 Å². The Kier molecular flexibility index (Phi) is 6.24. The van der Waals surface area contributed by atoms with Crippen molar-refractivity contribution in [2.24, 2.45) is 0 Å². The summed E-state index contributed by atoms with van der Waals surface area (Å²) in [6.45, 7) is 0.412. The van der Waals surface area contributed by atoms with Crippen LogP contribution in [0.3, 0.4) is 0 Å². The Morgan fingerprint density at radius 1 is 1.13 bits per heavy atom. The zero-order chi connectivity index (χ0) is 21.1. The maximum atomic E-state index is 13.2. The van der Waals surface area contributed by atoms with Crippen LogP contribution in [-0.2, 0) is 32.6 Å². The molecule has 1 aromatic heterocycles. The second-order valence-corrected chi connectivity index (χ2v) is 10.5. The third-order valence-electron chi connectivity index (χ3n) is 5.07. The molecule has 0 radical (unpaired) electrons. The van der Waals surface area contributed by atoms with Crippen LogP contribution in [0.4, 0.5) is 0 Å². The van der Waals surface area contributed by atoms with Gasteiger partial charge in [-0.2, -0.15) is 4.31 Å². The van der Waals surface area contributed by atoms with Crippen LogP contribution in [0.1, 0.15) is 29.2 Å². The molecule has 0 unspecified atom stereocenters. The Hall–Kier alpha value is -2.19. The zero-order valence-electron chi connectivity index (χ0n) is 16.0. The summed E-state index contributed by atoms with van der Waals surface area (Å²) >= 11 is 7.15. The molecule has 156 valence electrons. The van der Waals surface area contributed by atoms with E-state index in [9.17, 15) is 13.2 Å². The highest BCUT2D eigenvalue weighted by atomic mass is 35.5. The Morgan fingerprint density at radius 2 is 1.97 bits per heavy atom. The van der Waals surface area contributed by atoms with E-state index in [0.29, 0.717) is 18.0 Å². The molecule has 0 saturated carbocycles. The van der Waals surface area contributed by atoms with Crippen LogP contribution < -0.4 is 0 Å². The first-order valence-corrected chi connectivity index (χ1v) is 12.2. The number of esters is 1. The molecule has 0 N–H and O–H groups in total. The largest absolute Gasteiger partial charge is 0.461 e. The molecule has 1 atom stereocenters. The lowest BCUT2D eigenvalue weighted by Gasteiger charge is -2.35. The predicted molar refractivity (Wildman–Crippen MR) is 117 cm³/mol. The Morgan fingerprint density at radius 3 is 2.73 bits per heavy atom. The number of ether oxygens (including phenoxy) is 1. The van der Waals surface area contributed by atoms with Crippen LogP contribution in [0.2, 0.25) is 5.02 Å². The first-order chi connectivity index (χ1) is 14.4. The van der Waals surface area contributed by atoms with Gasteiger partial charge < -0.3 is 4.74 Å². The topological polar surface area (TPSA) is 63.7 Å². The summed E-state index contributed by atoms with van der Waals surface area (Å²) < 4.78 is 33.6. The minimum atomic E-state index is -3.70. The van der Waals surface area contributed by atoms with Crippen molar-refractivity contribution in [3.63, 3.8) is 0 Å². The maximum Gasteiger partial charge on any atom is 0.308 e. The molecule has 0 amide bonds. The number of benzene rings is 2. The molecular weight excluding hydrogens is 442 g/mol. The quantitative estimate of drug-likeness (QED) is 0.493. The van der Waals surface area contributed by atoms with Gasteiger partial charge in [-0.3, -0.25) is 4.79 Å². The van der Waals surface area contributed by atoms with Gasteiger partial charge in [-0.05, 0) is 46.7 Å². The van der Waals surface area contributed by atoms with Crippen molar-refractivity contribution in [3.05, 3.63) is 87.8 Å². The molecule has 5 nitrogen and oxygen atoms in total. The minimum Gasteiger partial charge on any atom is -0.461 e. The van der Waals surface area contributed by atoms with E-state index in [-0.39, 0.29) is 17.2 Å². The predicted octanol–water partition coefficient (Wildman–Crippen LogP) is 4.82. The minimum absolute atomic E-state index is 0.0534. The van der Waals surface area contributed by atoms with Crippen molar-refractivity contribution < 1.29 is 17.9 Å². The van der Waals surface area contributed by atoms with Gasteiger partial charge in [-0.1, -0.05) is 54.1 Å². The van der Waals surface area contributed by atoms with Gasteiger partial charge >= 0.3 is 5.97 Å². The fourth-order valence-electron chi connectivity index (χ4n) is 3.66. The molecule has 0 saturated heterocycles. The maximum absolute atomic E-state index is 13.2. The molecule has 0 spiro atoms. The molecule has 3 aromatic rings. The molecule has 30 heavy (non-hydrogen) atoms. The second-order valence-electron chi connectivity index (χ2n) is 7.01. The zero-order valence-corrected chi connectivity index (χ0v) is 18.4. The van der Waals surface area contributed by atoms with Crippen LogP contribution in [0.5, 0.6) is 0 Å². The standard InChI is InChI=1S/C22H20ClNO4S2/c23-18-7-3-5-16(13-18)15-28-21(25)14-20-19-8-2-1-6-17(19)10-11-24(20)30(26,27)22-9-4-12-29-22/h1-9,12-13,20H,10-11,14-15H2/t20-/m0/s1. The molecule has 2 aromatic carbocycles. The van der Waals surface area contributed by atoms with Crippen molar-refractivity contribution in [2.75, 3.05) is 6.54 Å².